The van der Waals surface area contributed by atoms with Gasteiger partial charge in [0.2, 0.25) is 5.91 Å². The molecule has 0 aromatic rings. The molecule has 0 spiro atoms. The SMILES string of the molecule is CCCNC(=O)CN=C(NCC)NC1CCN(C2CCCC2)C1.I. The van der Waals surface area contributed by atoms with E-state index in [4.69, 9.17) is 0 Å². The number of carbonyl (C=O) groups is 1. The van der Waals surface area contributed by atoms with E-state index in [2.05, 4.69) is 25.8 Å². The lowest BCUT2D eigenvalue weighted by Crippen LogP contribution is -2.45. The van der Waals surface area contributed by atoms with E-state index in [0.29, 0.717) is 6.04 Å². The quantitative estimate of drug-likeness (QED) is 0.313. The Morgan fingerprint density at radius 1 is 1.17 bits per heavy atom. The Morgan fingerprint density at radius 2 is 1.92 bits per heavy atom. The number of hydrogen-bond donors (Lipinski definition) is 3. The number of hydrogen-bond acceptors (Lipinski definition) is 3. The summed E-state index contributed by atoms with van der Waals surface area (Å²) in [5.41, 5.74) is 0. The van der Waals surface area contributed by atoms with Crippen LogP contribution in [0.15, 0.2) is 4.99 Å². The lowest BCUT2D eigenvalue weighted by Gasteiger charge is -2.24. The Balaban J connectivity index is 0.00000288. The molecule has 3 N–H and O–H groups in total. The summed E-state index contributed by atoms with van der Waals surface area (Å²) < 4.78 is 0. The molecule has 1 aliphatic carbocycles. The molecule has 0 radical (unpaired) electrons. The molecule has 140 valence electrons. The van der Waals surface area contributed by atoms with Crippen molar-refractivity contribution in [2.75, 3.05) is 32.7 Å². The number of amides is 1. The predicted octanol–water partition coefficient (Wildman–Crippen LogP) is 1.70. The van der Waals surface area contributed by atoms with Crippen molar-refractivity contribution in [2.45, 2.75) is 64.5 Å². The number of aliphatic imine (C=N–C) groups is 1. The van der Waals surface area contributed by atoms with Gasteiger partial charge < -0.3 is 16.0 Å². The van der Waals surface area contributed by atoms with Crippen molar-refractivity contribution >= 4 is 35.8 Å². The molecule has 1 saturated heterocycles. The van der Waals surface area contributed by atoms with Crippen LogP contribution in [0.3, 0.4) is 0 Å². The van der Waals surface area contributed by atoms with Gasteiger partial charge in [0.05, 0.1) is 0 Å². The monoisotopic (exact) mass is 451 g/mol. The van der Waals surface area contributed by atoms with Crippen LogP contribution in [0.4, 0.5) is 0 Å². The standard InChI is InChI=1S/C17H33N5O.HI/c1-3-10-19-16(23)12-20-17(18-4-2)21-14-9-11-22(13-14)15-7-5-6-8-15;/h14-15H,3-13H2,1-2H3,(H,19,23)(H2,18,20,21);1H. The first-order chi connectivity index (χ1) is 11.2. The highest BCUT2D eigenvalue weighted by Gasteiger charge is 2.30. The number of carbonyl (C=O) groups excluding carboxylic acids is 1. The minimum absolute atomic E-state index is 0. The first kappa shape index (κ1) is 21.5. The molecule has 0 aromatic heterocycles. The maximum absolute atomic E-state index is 11.7. The van der Waals surface area contributed by atoms with Crippen LogP contribution in [0, 0.1) is 0 Å². The normalized spacial score (nSPS) is 22.2. The maximum atomic E-state index is 11.7. The van der Waals surface area contributed by atoms with Crippen LogP contribution < -0.4 is 16.0 Å². The zero-order valence-electron chi connectivity index (χ0n) is 15.1. The second-order valence-corrected chi connectivity index (χ2v) is 6.61. The summed E-state index contributed by atoms with van der Waals surface area (Å²) in [7, 11) is 0. The van der Waals surface area contributed by atoms with Crippen LogP contribution in [0.5, 0.6) is 0 Å². The summed E-state index contributed by atoms with van der Waals surface area (Å²) in [6.07, 6.45) is 7.60. The fourth-order valence-corrected chi connectivity index (χ4v) is 3.49. The van der Waals surface area contributed by atoms with Gasteiger partial charge in [-0.1, -0.05) is 19.8 Å². The fraction of sp³-hybridized carbons (Fsp3) is 0.882. The van der Waals surface area contributed by atoms with Crippen molar-refractivity contribution in [1.82, 2.24) is 20.9 Å². The zero-order chi connectivity index (χ0) is 16.5. The third-order valence-corrected chi connectivity index (χ3v) is 4.70. The van der Waals surface area contributed by atoms with E-state index in [-0.39, 0.29) is 36.4 Å². The van der Waals surface area contributed by atoms with E-state index < -0.39 is 0 Å². The topological polar surface area (TPSA) is 68.8 Å². The highest BCUT2D eigenvalue weighted by Crippen LogP contribution is 2.26. The third kappa shape index (κ3) is 7.13. The van der Waals surface area contributed by atoms with E-state index in [1.807, 2.05) is 13.8 Å². The van der Waals surface area contributed by atoms with E-state index in [1.54, 1.807) is 0 Å². The summed E-state index contributed by atoms with van der Waals surface area (Å²) in [5.74, 6) is 0.750. The van der Waals surface area contributed by atoms with E-state index in [9.17, 15) is 4.79 Å². The number of nitrogens with one attached hydrogen (secondary N) is 3. The molecule has 2 rings (SSSR count). The van der Waals surface area contributed by atoms with Gasteiger partial charge in [0, 0.05) is 38.3 Å². The predicted molar refractivity (Wildman–Crippen MR) is 110 cm³/mol. The maximum Gasteiger partial charge on any atom is 0.241 e. The Kier molecular flexibility index (Phi) is 10.6. The van der Waals surface area contributed by atoms with Crippen molar-refractivity contribution in [3.63, 3.8) is 0 Å². The van der Waals surface area contributed by atoms with Gasteiger partial charge in [-0.05, 0) is 32.6 Å². The smallest absolute Gasteiger partial charge is 0.241 e. The molecule has 1 heterocycles. The molecule has 2 fully saturated rings. The van der Waals surface area contributed by atoms with Crippen LogP contribution in [0.25, 0.3) is 0 Å². The molecular weight excluding hydrogens is 417 g/mol. The highest BCUT2D eigenvalue weighted by molar-refractivity contribution is 14.0. The minimum Gasteiger partial charge on any atom is -0.357 e. The second-order valence-electron chi connectivity index (χ2n) is 6.61. The molecule has 6 nitrogen and oxygen atoms in total. The van der Waals surface area contributed by atoms with Crippen molar-refractivity contribution in [3.05, 3.63) is 0 Å². The Labute approximate surface area is 163 Å². The van der Waals surface area contributed by atoms with Crippen LogP contribution in [-0.2, 0) is 4.79 Å². The summed E-state index contributed by atoms with van der Waals surface area (Å²) in [4.78, 5) is 18.7. The first-order valence-corrected chi connectivity index (χ1v) is 9.28. The molecule has 1 aliphatic heterocycles. The zero-order valence-corrected chi connectivity index (χ0v) is 17.5. The third-order valence-electron chi connectivity index (χ3n) is 4.70. The van der Waals surface area contributed by atoms with E-state index >= 15 is 0 Å². The van der Waals surface area contributed by atoms with Crippen molar-refractivity contribution < 1.29 is 4.79 Å². The molecule has 24 heavy (non-hydrogen) atoms. The molecule has 1 atom stereocenters. The molecule has 0 aromatic carbocycles. The fourth-order valence-electron chi connectivity index (χ4n) is 3.49. The molecule has 7 heteroatoms. The number of guanidine groups is 1. The van der Waals surface area contributed by atoms with Gasteiger partial charge in [0.1, 0.15) is 6.54 Å². The van der Waals surface area contributed by atoms with Gasteiger partial charge >= 0.3 is 0 Å². The Bertz CT molecular complexity index is 398. The Morgan fingerprint density at radius 3 is 2.58 bits per heavy atom. The molecule has 1 amide bonds. The molecule has 1 saturated carbocycles. The average molecular weight is 451 g/mol. The minimum atomic E-state index is -0.0111. The van der Waals surface area contributed by atoms with Gasteiger partial charge in [0.25, 0.3) is 0 Å². The summed E-state index contributed by atoms with van der Waals surface area (Å²) in [5, 5.41) is 9.60. The van der Waals surface area contributed by atoms with Crippen molar-refractivity contribution in [2.24, 2.45) is 4.99 Å². The van der Waals surface area contributed by atoms with Gasteiger partial charge in [-0.15, -0.1) is 24.0 Å². The number of likely N-dealkylation sites (tertiary alicyclic amines) is 1. The summed E-state index contributed by atoms with van der Waals surface area (Å²) in [6, 6.07) is 1.23. The summed E-state index contributed by atoms with van der Waals surface area (Å²) >= 11 is 0. The summed E-state index contributed by atoms with van der Waals surface area (Å²) in [6.45, 7) is 8.09. The molecule has 2 aliphatic rings. The van der Waals surface area contributed by atoms with Crippen molar-refractivity contribution in [3.8, 4) is 0 Å². The van der Waals surface area contributed by atoms with Crippen LogP contribution >= 0.6 is 24.0 Å². The largest absolute Gasteiger partial charge is 0.357 e. The van der Waals surface area contributed by atoms with Gasteiger partial charge in [-0.25, -0.2) is 4.99 Å². The van der Waals surface area contributed by atoms with Gasteiger partial charge in [-0.2, -0.15) is 0 Å². The van der Waals surface area contributed by atoms with Gasteiger partial charge in [-0.3, -0.25) is 9.69 Å². The van der Waals surface area contributed by atoms with Crippen molar-refractivity contribution in [1.29, 1.82) is 0 Å². The lowest BCUT2D eigenvalue weighted by molar-refractivity contribution is -0.119. The number of rotatable bonds is 7. The molecule has 0 bridgehead atoms. The first-order valence-electron chi connectivity index (χ1n) is 9.28. The number of halogens is 1. The van der Waals surface area contributed by atoms with E-state index in [0.717, 1.165) is 44.5 Å². The molecule has 1 unspecified atom stereocenters. The Hall–Kier alpha value is -0.570. The lowest BCUT2D eigenvalue weighted by atomic mass is 10.2. The van der Waals surface area contributed by atoms with E-state index in [1.165, 1.54) is 32.2 Å². The molecular formula is C17H34IN5O. The average Bonchev–Trinajstić information content (AvgIpc) is 3.21. The van der Waals surface area contributed by atoms with Crippen LogP contribution in [0.2, 0.25) is 0 Å². The van der Waals surface area contributed by atoms with Gasteiger partial charge in [0.15, 0.2) is 5.96 Å². The number of nitrogens with zero attached hydrogens (tertiary/aromatic N) is 2. The van der Waals surface area contributed by atoms with Crippen LogP contribution in [-0.4, -0.2) is 61.6 Å². The second kappa shape index (κ2) is 11.9. The highest BCUT2D eigenvalue weighted by atomic mass is 127. The van der Waals surface area contributed by atoms with Crippen LogP contribution in [0.1, 0.15) is 52.4 Å².